The highest BCUT2D eigenvalue weighted by atomic mass is 32.2. The summed E-state index contributed by atoms with van der Waals surface area (Å²) in [5.41, 5.74) is 2.94. The molecular formula is C25H20O4S2. The number of thioether (sulfide) groups is 1. The molecule has 4 rings (SSSR count). The van der Waals surface area contributed by atoms with Crippen LogP contribution in [0.5, 0.6) is 0 Å². The van der Waals surface area contributed by atoms with Crippen LogP contribution in [0.2, 0.25) is 0 Å². The number of sulfone groups is 1. The summed E-state index contributed by atoms with van der Waals surface area (Å²) in [4.78, 5) is 14.4. The van der Waals surface area contributed by atoms with Crippen LogP contribution in [0, 0.1) is 0 Å². The van der Waals surface area contributed by atoms with E-state index in [-0.39, 0.29) is 4.90 Å². The van der Waals surface area contributed by atoms with E-state index >= 15 is 0 Å². The molecule has 0 amide bonds. The van der Waals surface area contributed by atoms with Crippen LogP contribution in [-0.2, 0) is 9.84 Å². The number of benzene rings is 3. The fourth-order valence-corrected chi connectivity index (χ4v) is 4.42. The highest BCUT2D eigenvalue weighted by molar-refractivity contribution is 7.98. The molecule has 0 N–H and O–H groups in total. The molecule has 0 aliphatic carbocycles. The topological polar surface area (TPSA) is 64.3 Å². The molecule has 4 nitrogen and oxygen atoms in total. The van der Waals surface area contributed by atoms with Crippen LogP contribution in [0.3, 0.4) is 0 Å². The van der Waals surface area contributed by atoms with Gasteiger partial charge in [0.05, 0.1) is 10.5 Å². The van der Waals surface area contributed by atoms with Crippen LogP contribution in [0.15, 0.2) is 104 Å². The lowest BCUT2D eigenvalue weighted by molar-refractivity contribution is 0.529. The average Bonchev–Trinajstić information content (AvgIpc) is 2.79. The molecular weight excluding hydrogens is 428 g/mol. The van der Waals surface area contributed by atoms with Crippen LogP contribution in [0.4, 0.5) is 0 Å². The Hall–Kier alpha value is -3.09. The first kappa shape index (κ1) is 21.2. The summed E-state index contributed by atoms with van der Waals surface area (Å²) in [6.45, 7) is 0. The summed E-state index contributed by atoms with van der Waals surface area (Å²) in [7, 11) is -3.33. The highest BCUT2D eigenvalue weighted by Gasteiger charge is 2.17. The fourth-order valence-electron chi connectivity index (χ4n) is 3.38. The van der Waals surface area contributed by atoms with E-state index in [0.717, 1.165) is 27.8 Å². The van der Waals surface area contributed by atoms with E-state index < -0.39 is 15.5 Å². The predicted molar refractivity (Wildman–Crippen MR) is 126 cm³/mol. The van der Waals surface area contributed by atoms with Crippen LogP contribution in [-0.4, -0.2) is 20.9 Å². The summed E-state index contributed by atoms with van der Waals surface area (Å²) >= 11 is 1.64. The molecule has 3 aromatic carbocycles. The van der Waals surface area contributed by atoms with Gasteiger partial charge < -0.3 is 4.42 Å². The predicted octanol–water partition coefficient (Wildman–Crippen LogP) is 5.77. The van der Waals surface area contributed by atoms with Crippen molar-refractivity contribution in [3.8, 4) is 33.6 Å². The van der Waals surface area contributed by atoms with Gasteiger partial charge in [0.2, 0.25) is 0 Å². The zero-order valence-electron chi connectivity index (χ0n) is 17.0. The van der Waals surface area contributed by atoms with Crippen LogP contribution < -0.4 is 5.63 Å². The molecule has 31 heavy (non-hydrogen) atoms. The number of hydrogen-bond acceptors (Lipinski definition) is 5. The number of hydrogen-bond donors (Lipinski definition) is 0. The van der Waals surface area contributed by atoms with Gasteiger partial charge in [-0.1, -0.05) is 54.6 Å². The van der Waals surface area contributed by atoms with Crippen molar-refractivity contribution in [2.75, 3.05) is 12.5 Å². The van der Waals surface area contributed by atoms with Crippen LogP contribution >= 0.6 is 11.8 Å². The Kier molecular flexibility index (Phi) is 5.85. The maximum atomic E-state index is 13.1. The van der Waals surface area contributed by atoms with Crippen molar-refractivity contribution in [3.63, 3.8) is 0 Å². The normalized spacial score (nSPS) is 11.4. The highest BCUT2D eigenvalue weighted by Crippen LogP contribution is 2.34. The molecule has 6 heteroatoms. The fraction of sp³-hybridized carbons (Fsp3) is 0.0800. The molecule has 0 saturated carbocycles. The Morgan fingerprint density at radius 3 is 1.97 bits per heavy atom. The minimum absolute atomic E-state index is 0.201. The second-order valence-corrected chi connectivity index (χ2v) is 9.97. The van der Waals surface area contributed by atoms with Gasteiger partial charge in [-0.25, -0.2) is 13.2 Å². The molecule has 156 valence electrons. The number of rotatable bonds is 5. The SMILES string of the molecule is CSc1ccc(-c2cc(-c3ccccc3)c(-c3ccc(S(C)(=O)=O)cc3)c(=O)o2)cc1. The first-order valence-electron chi connectivity index (χ1n) is 9.55. The van der Waals surface area contributed by atoms with Gasteiger partial charge in [0, 0.05) is 22.3 Å². The standard InChI is InChI=1S/C25H20O4S2/c1-30-20-12-8-18(9-13-20)23-16-22(17-6-4-3-5-7-17)24(25(26)29-23)19-10-14-21(15-11-19)31(2,27)28/h3-16H,1-2H3. The monoisotopic (exact) mass is 448 g/mol. The molecule has 0 unspecified atom stereocenters. The quantitative estimate of drug-likeness (QED) is 0.363. The lowest BCUT2D eigenvalue weighted by Crippen LogP contribution is -2.06. The Bertz CT molecular complexity index is 1370. The summed E-state index contributed by atoms with van der Waals surface area (Å²) in [6.07, 6.45) is 3.16. The molecule has 4 aromatic rings. The van der Waals surface area contributed by atoms with Crippen LogP contribution in [0.1, 0.15) is 0 Å². The van der Waals surface area contributed by atoms with Crippen molar-refractivity contribution in [2.45, 2.75) is 9.79 Å². The van der Waals surface area contributed by atoms with E-state index in [1.54, 1.807) is 23.9 Å². The lowest BCUT2D eigenvalue weighted by atomic mass is 9.95. The molecule has 0 spiro atoms. The molecule has 0 fully saturated rings. The zero-order valence-corrected chi connectivity index (χ0v) is 18.7. The third-order valence-corrected chi connectivity index (χ3v) is 6.85. The Morgan fingerprint density at radius 2 is 1.39 bits per heavy atom. The van der Waals surface area contributed by atoms with E-state index in [9.17, 15) is 13.2 Å². The van der Waals surface area contributed by atoms with Gasteiger partial charge in [0.15, 0.2) is 9.84 Å². The molecule has 0 aliphatic rings. The van der Waals surface area contributed by atoms with Gasteiger partial charge in [-0.15, -0.1) is 11.8 Å². The average molecular weight is 449 g/mol. The van der Waals surface area contributed by atoms with Crippen molar-refractivity contribution < 1.29 is 12.8 Å². The summed E-state index contributed by atoms with van der Waals surface area (Å²) < 4.78 is 29.3. The molecule has 0 saturated heterocycles. The van der Waals surface area contributed by atoms with Gasteiger partial charge in [-0.3, -0.25) is 0 Å². The third-order valence-electron chi connectivity index (χ3n) is 4.98. The van der Waals surface area contributed by atoms with E-state index in [0.29, 0.717) is 16.9 Å². The van der Waals surface area contributed by atoms with E-state index in [1.807, 2.05) is 66.9 Å². The third kappa shape index (κ3) is 4.50. The molecule has 0 radical (unpaired) electrons. The van der Waals surface area contributed by atoms with Gasteiger partial charge >= 0.3 is 5.63 Å². The molecule has 1 aromatic heterocycles. The Balaban J connectivity index is 1.91. The molecule has 0 atom stereocenters. The summed E-state index contributed by atoms with van der Waals surface area (Å²) in [5, 5.41) is 0. The first-order valence-corrected chi connectivity index (χ1v) is 12.7. The van der Waals surface area contributed by atoms with E-state index in [1.165, 1.54) is 12.1 Å². The largest absolute Gasteiger partial charge is 0.422 e. The summed E-state index contributed by atoms with van der Waals surface area (Å²) in [5.74, 6) is 0.480. The lowest BCUT2D eigenvalue weighted by Gasteiger charge is -2.12. The zero-order chi connectivity index (χ0) is 22.0. The maximum Gasteiger partial charge on any atom is 0.344 e. The Morgan fingerprint density at radius 1 is 0.774 bits per heavy atom. The molecule has 0 bridgehead atoms. The first-order chi connectivity index (χ1) is 14.9. The van der Waals surface area contributed by atoms with Crippen molar-refractivity contribution in [3.05, 3.63) is 95.3 Å². The summed E-state index contributed by atoms with van der Waals surface area (Å²) in [6, 6.07) is 25.6. The van der Waals surface area contributed by atoms with Gasteiger partial charge in [0.1, 0.15) is 5.76 Å². The second kappa shape index (κ2) is 8.57. The second-order valence-electron chi connectivity index (χ2n) is 7.08. The van der Waals surface area contributed by atoms with Crippen molar-refractivity contribution in [1.82, 2.24) is 0 Å². The minimum atomic E-state index is -3.33. The molecule has 0 aliphatic heterocycles. The molecule has 1 heterocycles. The van der Waals surface area contributed by atoms with Gasteiger partial charge in [-0.05, 0) is 47.7 Å². The van der Waals surface area contributed by atoms with Gasteiger partial charge in [0.25, 0.3) is 0 Å². The minimum Gasteiger partial charge on any atom is -0.422 e. The van der Waals surface area contributed by atoms with Crippen molar-refractivity contribution in [2.24, 2.45) is 0 Å². The van der Waals surface area contributed by atoms with E-state index in [4.69, 9.17) is 4.42 Å². The van der Waals surface area contributed by atoms with Crippen molar-refractivity contribution in [1.29, 1.82) is 0 Å². The smallest absolute Gasteiger partial charge is 0.344 e. The van der Waals surface area contributed by atoms with Gasteiger partial charge in [-0.2, -0.15) is 0 Å². The van der Waals surface area contributed by atoms with Crippen molar-refractivity contribution >= 4 is 21.6 Å². The Labute approximate surface area is 185 Å². The van der Waals surface area contributed by atoms with Crippen LogP contribution in [0.25, 0.3) is 33.6 Å². The maximum absolute atomic E-state index is 13.1. The van der Waals surface area contributed by atoms with E-state index in [2.05, 4.69) is 0 Å².